The van der Waals surface area contributed by atoms with Gasteiger partial charge in [-0.2, -0.15) is 0 Å². The van der Waals surface area contributed by atoms with Crippen molar-refractivity contribution in [1.29, 1.82) is 0 Å². The maximum atomic E-state index is 5.97. The molecule has 0 saturated carbocycles. The van der Waals surface area contributed by atoms with Crippen LogP contribution in [0.15, 0.2) is 61.1 Å². The average molecular weight is 370 g/mol. The van der Waals surface area contributed by atoms with Gasteiger partial charge < -0.3 is 14.8 Å². The predicted octanol–water partition coefficient (Wildman–Crippen LogP) is 3.52. The Kier molecular flexibility index (Phi) is 4.15. The molecule has 25 heavy (non-hydrogen) atoms. The van der Waals surface area contributed by atoms with Crippen molar-refractivity contribution >= 4 is 28.9 Å². The van der Waals surface area contributed by atoms with Crippen molar-refractivity contribution in [2.24, 2.45) is 0 Å². The molecule has 1 N–H and O–H groups in total. The van der Waals surface area contributed by atoms with Crippen LogP contribution in [0, 0.1) is 0 Å². The monoisotopic (exact) mass is 369 g/mol. The van der Waals surface area contributed by atoms with Crippen molar-refractivity contribution in [2.45, 2.75) is 12.1 Å². The van der Waals surface area contributed by atoms with Gasteiger partial charge >= 0.3 is 0 Å². The lowest BCUT2D eigenvalue weighted by atomic mass is 10.0. The van der Waals surface area contributed by atoms with E-state index < -0.39 is 0 Å². The first-order valence-electron chi connectivity index (χ1n) is 7.88. The number of pyridine rings is 2. The maximum absolute atomic E-state index is 5.97. The molecule has 1 aliphatic rings. The maximum Gasteiger partial charge on any atom is 0.169 e. The van der Waals surface area contributed by atoms with E-state index >= 15 is 0 Å². The van der Waals surface area contributed by atoms with Crippen LogP contribution in [-0.2, 0) is 0 Å². The number of halogens is 1. The summed E-state index contributed by atoms with van der Waals surface area (Å²) in [5.41, 5.74) is 2.04. The Morgan fingerprint density at radius 3 is 2.72 bits per heavy atom. The lowest BCUT2D eigenvalue weighted by Gasteiger charge is -2.25. The second kappa shape index (κ2) is 6.46. The third-order valence-electron chi connectivity index (χ3n) is 4.38. The molecule has 3 aromatic heterocycles. The summed E-state index contributed by atoms with van der Waals surface area (Å²) in [7, 11) is 2.00. The minimum absolute atomic E-state index is 0.00915. The fraction of sp³-hybridized carbons (Fsp3) is 0.167. The molecular formula is C18H16ClN5S. The first-order valence-corrected chi connectivity index (χ1v) is 8.67. The Bertz CT molecular complexity index is 893. The number of nitrogens with one attached hydrogen (secondary N) is 1. The Morgan fingerprint density at radius 2 is 2.00 bits per heavy atom. The number of nitrogens with zero attached hydrogens (tertiary/aromatic N) is 4. The van der Waals surface area contributed by atoms with Crippen molar-refractivity contribution in [3.63, 3.8) is 0 Å². The van der Waals surface area contributed by atoms with E-state index in [-0.39, 0.29) is 12.1 Å². The lowest BCUT2D eigenvalue weighted by Crippen LogP contribution is -2.26. The first-order chi connectivity index (χ1) is 12.1. The molecule has 0 spiro atoms. The summed E-state index contributed by atoms with van der Waals surface area (Å²) in [6.45, 7) is 0. The molecule has 126 valence electrons. The highest BCUT2D eigenvalue weighted by Crippen LogP contribution is 2.38. The van der Waals surface area contributed by atoms with Gasteiger partial charge in [0.05, 0.1) is 22.8 Å². The van der Waals surface area contributed by atoms with E-state index in [2.05, 4.69) is 30.8 Å². The molecule has 4 heterocycles. The summed E-state index contributed by atoms with van der Waals surface area (Å²) in [5, 5.41) is 4.71. The standard InChI is InChI=1S/C18H16ClN5S/c1-23-17(16(22-18(23)25)13-5-2-3-9-20-13)14-6-4-10-24(14)15-8-7-12(19)11-21-15/h2-11,16-17H,1H3,(H,22,25)/t16-,17+/m1/s1. The molecule has 0 aliphatic carbocycles. The van der Waals surface area contributed by atoms with Gasteiger partial charge in [-0.25, -0.2) is 4.98 Å². The van der Waals surface area contributed by atoms with Crippen molar-refractivity contribution in [3.05, 3.63) is 77.5 Å². The van der Waals surface area contributed by atoms with E-state index in [9.17, 15) is 0 Å². The third-order valence-corrected chi connectivity index (χ3v) is 5.01. The minimum Gasteiger partial charge on any atom is -0.352 e. The van der Waals surface area contributed by atoms with E-state index in [1.165, 1.54) is 0 Å². The molecule has 0 radical (unpaired) electrons. The van der Waals surface area contributed by atoms with Gasteiger partial charge in [-0.15, -0.1) is 0 Å². The number of likely N-dealkylation sites (N-methyl/N-ethyl adjacent to an activating group) is 1. The summed E-state index contributed by atoms with van der Waals surface area (Å²) < 4.78 is 2.06. The molecule has 0 amide bonds. The molecule has 1 fully saturated rings. The summed E-state index contributed by atoms with van der Waals surface area (Å²) in [6.07, 6.45) is 5.45. The van der Waals surface area contributed by atoms with Crippen LogP contribution >= 0.6 is 23.8 Å². The Balaban J connectivity index is 1.78. The zero-order chi connectivity index (χ0) is 17.4. The zero-order valence-electron chi connectivity index (χ0n) is 13.5. The average Bonchev–Trinajstić information content (AvgIpc) is 3.22. The molecular weight excluding hydrogens is 354 g/mol. The highest BCUT2D eigenvalue weighted by atomic mass is 35.5. The summed E-state index contributed by atoms with van der Waals surface area (Å²) >= 11 is 11.5. The fourth-order valence-electron chi connectivity index (χ4n) is 3.18. The number of aromatic nitrogens is 3. The van der Waals surface area contributed by atoms with Crippen LogP contribution in [0.3, 0.4) is 0 Å². The summed E-state index contributed by atoms with van der Waals surface area (Å²) in [6, 6.07) is 13.7. The SMILES string of the molecule is CN1C(=S)N[C@H](c2ccccn2)[C@@H]1c1cccn1-c1ccc(Cl)cn1. The van der Waals surface area contributed by atoms with Gasteiger partial charge in [0.25, 0.3) is 0 Å². The van der Waals surface area contributed by atoms with E-state index in [4.69, 9.17) is 23.8 Å². The molecule has 0 unspecified atom stereocenters. The van der Waals surface area contributed by atoms with Gasteiger partial charge in [-0.1, -0.05) is 17.7 Å². The quantitative estimate of drug-likeness (QED) is 0.716. The van der Waals surface area contributed by atoms with E-state index in [1.807, 2.05) is 49.6 Å². The molecule has 1 aliphatic heterocycles. The van der Waals surface area contributed by atoms with Crippen LogP contribution in [-0.4, -0.2) is 31.6 Å². The second-order valence-corrected chi connectivity index (χ2v) is 6.70. The molecule has 4 rings (SSSR count). The third kappa shape index (κ3) is 2.88. The van der Waals surface area contributed by atoms with Crippen molar-refractivity contribution < 1.29 is 0 Å². The molecule has 0 aromatic carbocycles. The minimum atomic E-state index is -0.0281. The number of thiocarbonyl (C=S) groups is 1. The van der Waals surface area contributed by atoms with Crippen LogP contribution < -0.4 is 5.32 Å². The first kappa shape index (κ1) is 16.1. The van der Waals surface area contributed by atoms with Crippen molar-refractivity contribution in [1.82, 2.24) is 24.8 Å². The van der Waals surface area contributed by atoms with Crippen LogP contribution in [0.25, 0.3) is 5.82 Å². The zero-order valence-corrected chi connectivity index (χ0v) is 15.1. The summed E-state index contributed by atoms with van der Waals surface area (Å²) in [4.78, 5) is 11.0. The Morgan fingerprint density at radius 1 is 1.12 bits per heavy atom. The molecule has 3 aromatic rings. The van der Waals surface area contributed by atoms with Gasteiger partial charge in [0.15, 0.2) is 5.11 Å². The van der Waals surface area contributed by atoms with Gasteiger partial charge in [0.2, 0.25) is 0 Å². The Hall–Kier alpha value is -2.44. The lowest BCUT2D eigenvalue weighted by molar-refractivity contribution is 0.356. The second-order valence-electron chi connectivity index (χ2n) is 5.88. The van der Waals surface area contributed by atoms with Crippen LogP contribution in [0.5, 0.6) is 0 Å². The van der Waals surface area contributed by atoms with E-state index in [0.29, 0.717) is 10.1 Å². The Labute approximate surface area is 156 Å². The smallest absolute Gasteiger partial charge is 0.169 e. The van der Waals surface area contributed by atoms with E-state index in [0.717, 1.165) is 17.2 Å². The largest absolute Gasteiger partial charge is 0.352 e. The van der Waals surface area contributed by atoms with Crippen LogP contribution in [0.1, 0.15) is 23.5 Å². The topological polar surface area (TPSA) is 46.0 Å². The molecule has 0 bridgehead atoms. The van der Waals surface area contributed by atoms with Crippen molar-refractivity contribution in [2.75, 3.05) is 7.05 Å². The van der Waals surface area contributed by atoms with Gasteiger partial charge in [-0.3, -0.25) is 4.98 Å². The van der Waals surface area contributed by atoms with Crippen LogP contribution in [0.2, 0.25) is 5.02 Å². The summed E-state index contributed by atoms with van der Waals surface area (Å²) in [5.74, 6) is 0.815. The molecule has 1 saturated heterocycles. The number of rotatable bonds is 3. The van der Waals surface area contributed by atoms with Gasteiger partial charge in [-0.05, 0) is 48.6 Å². The predicted molar refractivity (Wildman–Crippen MR) is 102 cm³/mol. The molecule has 2 atom stereocenters. The fourth-order valence-corrected chi connectivity index (χ4v) is 3.54. The highest BCUT2D eigenvalue weighted by molar-refractivity contribution is 7.80. The van der Waals surface area contributed by atoms with Gasteiger partial charge in [0, 0.05) is 31.3 Å². The van der Waals surface area contributed by atoms with E-state index in [1.54, 1.807) is 12.4 Å². The van der Waals surface area contributed by atoms with Gasteiger partial charge in [0.1, 0.15) is 5.82 Å². The van der Waals surface area contributed by atoms with Crippen LogP contribution in [0.4, 0.5) is 0 Å². The molecule has 5 nitrogen and oxygen atoms in total. The highest BCUT2D eigenvalue weighted by Gasteiger charge is 2.39. The van der Waals surface area contributed by atoms with Crippen molar-refractivity contribution in [3.8, 4) is 5.82 Å². The molecule has 7 heteroatoms. The normalized spacial score (nSPS) is 19.9. The number of hydrogen-bond donors (Lipinski definition) is 1. The number of hydrogen-bond acceptors (Lipinski definition) is 3.